The van der Waals surface area contributed by atoms with Gasteiger partial charge in [0.15, 0.2) is 11.5 Å². The molecule has 0 radical (unpaired) electrons. The molecule has 1 atom stereocenters. The quantitative estimate of drug-likeness (QED) is 0.478. The number of rotatable bonds is 6. The molecule has 1 fully saturated rings. The smallest absolute Gasteiger partial charge is 0.240 e. The van der Waals surface area contributed by atoms with E-state index < -0.39 is 10.0 Å². The molecule has 1 saturated heterocycles. The molecule has 0 saturated carbocycles. The van der Waals surface area contributed by atoms with Crippen LogP contribution in [0.3, 0.4) is 0 Å². The molecular weight excluding hydrogens is 430 g/mol. The molecule has 0 spiro atoms. The summed E-state index contributed by atoms with van der Waals surface area (Å²) in [6, 6.07) is 12.5. The number of nitrogens with zero attached hydrogens (tertiary/aromatic N) is 4. The summed E-state index contributed by atoms with van der Waals surface area (Å²) in [5, 5.41) is 15.2. The maximum atomic E-state index is 12.9. The maximum Gasteiger partial charge on any atom is 0.240 e. The Morgan fingerprint density at radius 1 is 1.19 bits per heavy atom. The fraction of sp³-hybridized carbons (Fsp3) is 0.318. The van der Waals surface area contributed by atoms with Gasteiger partial charge in [-0.15, -0.1) is 10.2 Å². The van der Waals surface area contributed by atoms with Gasteiger partial charge in [-0.3, -0.25) is 0 Å². The van der Waals surface area contributed by atoms with Gasteiger partial charge < -0.3 is 9.47 Å². The van der Waals surface area contributed by atoms with Crippen LogP contribution < -0.4 is 9.46 Å². The zero-order valence-corrected chi connectivity index (χ0v) is 18.6. The summed E-state index contributed by atoms with van der Waals surface area (Å²) in [6.07, 6.45) is 1.70. The van der Waals surface area contributed by atoms with Crippen LogP contribution in [-0.2, 0) is 14.8 Å². The lowest BCUT2D eigenvalue weighted by molar-refractivity contribution is 0.114. The molecule has 0 amide bonds. The molecule has 9 nitrogen and oxygen atoms in total. The predicted octanol–water partition coefficient (Wildman–Crippen LogP) is 2.72. The van der Waals surface area contributed by atoms with Gasteiger partial charge >= 0.3 is 0 Å². The Labute approximate surface area is 185 Å². The first-order valence-electron chi connectivity index (χ1n) is 10.4. The van der Waals surface area contributed by atoms with Crippen molar-refractivity contribution in [3.05, 3.63) is 48.2 Å². The molecular formula is C22H23N5O4S. The average Bonchev–Trinajstić information content (AvgIpc) is 3.48. The molecule has 32 heavy (non-hydrogen) atoms. The highest BCUT2D eigenvalue weighted by Crippen LogP contribution is 2.32. The highest BCUT2D eigenvalue weighted by molar-refractivity contribution is 7.89. The van der Waals surface area contributed by atoms with E-state index in [2.05, 4.69) is 20.0 Å². The van der Waals surface area contributed by atoms with Gasteiger partial charge in [0.1, 0.15) is 5.75 Å². The van der Waals surface area contributed by atoms with Crippen LogP contribution in [0.15, 0.2) is 47.4 Å². The van der Waals surface area contributed by atoms with Gasteiger partial charge in [-0.05, 0) is 38.0 Å². The molecule has 0 unspecified atom stereocenters. The van der Waals surface area contributed by atoms with Gasteiger partial charge in [0.25, 0.3) is 0 Å². The van der Waals surface area contributed by atoms with E-state index in [-0.39, 0.29) is 17.5 Å². The number of methoxy groups -OCH3 is 1. The Balaban J connectivity index is 1.59. The van der Waals surface area contributed by atoms with Crippen LogP contribution in [0.25, 0.3) is 27.8 Å². The first-order valence-corrected chi connectivity index (χ1v) is 11.9. The summed E-state index contributed by atoms with van der Waals surface area (Å²) < 4.78 is 41.2. The van der Waals surface area contributed by atoms with E-state index in [1.54, 1.807) is 16.6 Å². The molecule has 1 aliphatic heterocycles. The third-order valence-corrected chi connectivity index (χ3v) is 7.12. The van der Waals surface area contributed by atoms with E-state index in [4.69, 9.17) is 9.47 Å². The zero-order chi connectivity index (χ0) is 22.3. The van der Waals surface area contributed by atoms with E-state index in [9.17, 15) is 8.42 Å². The summed E-state index contributed by atoms with van der Waals surface area (Å²) in [5.41, 5.74) is 1.89. The topological polar surface area (TPSA) is 108 Å². The molecule has 5 rings (SSSR count). The molecule has 1 N–H and O–H groups in total. The van der Waals surface area contributed by atoms with Crippen LogP contribution in [0.2, 0.25) is 0 Å². The highest BCUT2D eigenvalue weighted by Gasteiger charge is 2.23. The Morgan fingerprint density at radius 2 is 2.00 bits per heavy atom. The summed E-state index contributed by atoms with van der Waals surface area (Å²) in [6.45, 7) is 2.82. The van der Waals surface area contributed by atoms with Gasteiger partial charge in [-0.1, -0.05) is 24.3 Å². The minimum atomic E-state index is -3.75. The van der Waals surface area contributed by atoms with E-state index in [1.807, 2.05) is 31.2 Å². The molecule has 0 aliphatic carbocycles. The molecule has 1 aliphatic rings. The molecule has 4 aromatic rings. The van der Waals surface area contributed by atoms with Gasteiger partial charge in [-0.25, -0.2) is 13.1 Å². The van der Waals surface area contributed by atoms with Crippen LogP contribution in [0, 0.1) is 6.92 Å². The third kappa shape index (κ3) is 3.60. The fourth-order valence-corrected chi connectivity index (χ4v) is 5.12. The average molecular weight is 454 g/mol. The highest BCUT2D eigenvalue weighted by atomic mass is 32.2. The van der Waals surface area contributed by atoms with Crippen LogP contribution in [0.5, 0.6) is 5.75 Å². The largest absolute Gasteiger partial charge is 0.496 e. The van der Waals surface area contributed by atoms with Crippen LogP contribution in [0.1, 0.15) is 18.5 Å². The summed E-state index contributed by atoms with van der Waals surface area (Å²) >= 11 is 0. The van der Waals surface area contributed by atoms with Crippen molar-refractivity contribution in [1.82, 2.24) is 24.5 Å². The Morgan fingerprint density at radius 3 is 2.75 bits per heavy atom. The van der Waals surface area contributed by atoms with E-state index >= 15 is 0 Å². The summed E-state index contributed by atoms with van der Waals surface area (Å²) in [4.78, 5) is 0.112. The number of sulfonamides is 1. The fourth-order valence-electron chi connectivity index (χ4n) is 4.03. The second kappa shape index (κ2) is 8.12. The molecule has 10 heteroatoms. The predicted molar refractivity (Wildman–Crippen MR) is 119 cm³/mol. The molecule has 2 aromatic heterocycles. The van der Waals surface area contributed by atoms with Crippen molar-refractivity contribution in [2.75, 3.05) is 20.3 Å². The minimum Gasteiger partial charge on any atom is -0.496 e. The molecule has 166 valence electrons. The van der Waals surface area contributed by atoms with Crippen molar-refractivity contribution in [3.63, 3.8) is 0 Å². The first-order chi connectivity index (χ1) is 15.5. The van der Waals surface area contributed by atoms with Gasteiger partial charge in [0.05, 0.1) is 29.4 Å². The zero-order valence-electron chi connectivity index (χ0n) is 17.8. The summed E-state index contributed by atoms with van der Waals surface area (Å²) in [7, 11) is -2.22. The summed E-state index contributed by atoms with van der Waals surface area (Å²) in [5.74, 6) is 0.881. The van der Waals surface area contributed by atoms with Gasteiger partial charge in [0.2, 0.25) is 10.0 Å². The Bertz CT molecular complexity index is 1410. The van der Waals surface area contributed by atoms with Gasteiger partial charge in [-0.2, -0.15) is 9.61 Å². The van der Waals surface area contributed by atoms with Crippen LogP contribution in [0.4, 0.5) is 0 Å². The normalized spacial score (nSPS) is 16.8. The van der Waals surface area contributed by atoms with Crippen molar-refractivity contribution in [2.24, 2.45) is 0 Å². The standard InChI is InChI=1S/C22H23N5O4S/c1-14-17-7-3-4-8-18(17)21-24-25-22(27(21)26-14)19-12-16(9-10-20(19)30-2)32(28,29)23-13-15-6-5-11-31-15/h3-4,7-10,12,15,23H,5-6,11,13H2,1-2H3/t15-/m1/s1. The SMILES string of the molecule is COc1ccc(S(=O)(=O)NC[C@H]2CCCO2)cc1-c1nnc2c3ccccc3c(C)nn12. The van der Waals surface area contributed by atoms with Crippen molar-refractivity contribution in [3.8, 4) is 17.1 Å². The minimum absolute atomic E-state index is 0.0941. The number of fused-ring (bicyclic) bond motifs is 3. The number of hydrogen-bond donors (Lipinski definition) is 1. The van der Waals surface area contributed by atoms with E-state index in [0.29, 0.717) is 29.4 Å². The number of nitrogens with one attached hydrogen (secondary N) is 1. The number of aromatic nitrogens is 4. The number of aryl methyl sites for hydroxylation is 1. The third-order valence-electron chi connectivity index (χ3n) is 5.70. The van der Waals surface area contributed by atoms with Crippen molar-refractivity contribution in [2.45, 2.75) is 30.8 Å². The lowest BCUT2D eigenvalue weighted by Gasteiger charge is -2.13. The number of benzene rings is 2. The van der Waals surface area contributed by atoms with Crippen LogP contribution >= 0.6 is 0 Å². The lowest BCUT2D eigenvalue weighted by Crippen LogP contribution is -2.31. The van der Waals surface area contributed by atoms with Crippen molar-refractivity contribution >= 4 is 26.4 Å². The molecule has 0 bridgehead atoms. The first kappa shape index (κ1) is 20.8. The molecule has 2 aromatic carbocycles. The van der Waals surface area contributed by atoms with Crippen molar-refractivity contribution in [1.29, 1.82) is 0 Å². The number of ether oxygens (including phenoxy) is 2. The number of hydrogen-bond acceptors (Lipinski definition) is 7. The van der Waals surface area contributed by atoms with Gasteiger partial charge in [0, 0.05) is 23.9 Å². The second-order valence-electron chi connectivity index (χ2n) is 7.74. The maximum absolute atomic E-state index is 12.9. The Kier molecular flexibility index (Phi) is 5.28. The van der Waals surface area contributed by atoms with E-state index in [1.165, 1.54) is 13.2 Å². The van der Waals surface area contributed by atoms with Crippen molar-refractivity contribution < 1.29 is 17.9 Å². The van der Waals surface area contributed by atoms with E-state index in [0.717, 1.165) is 29.3 Å². The lowest BCUT2D eigenvalue weighted by atomic mass is 10.1. The van der Waals surface area contributed by atoms with Crippen LogP contribution in [-0.4, -0.2) is 54.6 Å². The second-order valence-corrected chi connectivity index (χ2v) is 9.51. The monoisotopic (exact) mass is 453 g/mol. The molecule has 3 heterocycles. The Hall–Kier alpha value is -3.08.